The molecule has 4 nitrogen and oxygen atoms in total. The van der Waals surface area contributed by atoms with E-state index in [1.165, 1.54) is 11.8 Å². The van der Waals surface area contributed by atoms with Gasteiger partial charge in [-0.1, -0.05) is 60.1 Å². The summed E-state index contributed by atoms with van der Waals surface area (Å²) in [6.07, 6.45) is 0.725. The smallest absolute Gasteiger partial charge is 0.316 e. The molecule has 1 N–H and O–H groups in total. The van der Waals surface area contributed by atoms with Crippen molar-refractivity contribution in [3.63, 3.8) is 0 Å². The van der Waals surface area contributed by atoms with Gasteiger partial charge in [0.1, 0.15) is 0 Å². The van der Waals surface area contributed by atoms with Gasteiger partial charge in [-0.25, -0.2) is 0 Å². The van der Waals surface area contributed by atoms with Crippen LogP contribution in [0.25, 0.3) is 0 Å². The lowest BCUT2D eigenvalue weighted by atomic mass is 10.0. The number of ether oxygens (including phenoxy) is 1. The van der Waals surface area contributed by atoms with Crippen LogP contribution in [0.2, 0.25) is 5.02 Å². The molecule has 6 heteroatoms. The van der Waals surface area contributed by atoms with E-state index in [0.717, 1.165) is 11.1 Å². The number of hydrogen-bond acceptors (Lipinski definition) is 4. The molecule has 0 fully saturated rings. The zero-order valence-electron chi connectivity index (χ0n) is 15.1. The van der Waals surface area contributed by atoms with Crippen molar-refractivity contribution in [2.45, 2.75) is 18.3 Å². The molecule has 0 unspecified atom stereocenters. The summed E-state index contributed by atoms with van der Waals surface area (Å²) >= 11 is 7.44. The fourth-order valence-corrected chi connectivity index (χ4v) is 3.60. The van der Waals surface area contributed by atoms with E-state index in [2.05, 4.69) is 11.9 Å². The van der Waals surface area contributed by atoms with Gasteiger partial charge in [0, 0.05) is 11.6 Å². The van der Waals surface area contributed by atoms with Crippen LogP contribution in [0, 0.1) is 0 Å². The van der Waals surface area contributed by atoms with Crippen LogP contribution in [0.3, 0.4) is 0 Å². The monoisotopic (exact) mass is 403 g/mol. The fraction of sp³-hybridized carbons (Fsp3) is 0.238. The fourth-order valence-electron chi connectivity index (χ4n) is 2.40. The summed E-state index contributed by atoms with van der Waals surface area (Å²) in [6.45, 7) is 5.42. The molecule has 1 amide bonds. The summed E-state index contributed by atoms with van der Waals surface area (Å²) in [6, 6.07) is 17.5. The highest BCUT2D eigenvalue weighted by molar-refractivity contribution is 8.00. The van der Waals surface area contributed by atoms with E-state index < -0.39 is 12.1 Å². The normalized spacial score (nSPS) is 12.7. The van der Waals surface area contributed by atoms with E-state index in [4.69, 9.17) is 16.3 Å². The Labute approximate surface area is 168 Å². The average Bonchev–Trinajstić information content (AvgIpc) is 2.68. The lowest BCUT2D eigenvalue weighted by Gasteiger charge is -2.18. The molecule has 0 spiro atoms. The lowest BCUT2D eigenvalue weighted by Crippen LogP contribution is -2.36. The van der Waals surface area contributed by atoms with Gasteiger partial charge in [-0.05, 0) is 30.2 Å². The van der Waals surface area contributed by atoms with Crippen molar-refractivity contribution in [3.8, 4) is 0 Å². The Hall–Kier alpha value is -2.24. The van der Waals surface area contributed by atoms with Crippen LogP contribution in [0.1, 0.15) is 23.3 Å². The summed E-state index contributed by atoms with van der Waals surface area (Å²) in [5, 5.41) is 3.23. The van der Waals surface area contributed by atoms with E-state index in [1.807, 2.05) is 54.6 Å². The number of esters is 1. The lowest BCUT2D eigenvalue weighted by molar-refractivity contribution is -0.152. The third kappa shape index (κ3) is 6.77. The quantitative estimate of drug-likeness (QED) is 0.498. The van der Waals surface area contributed by atoms with Crippen LogP contribution in [0.4, 0.5) is 0 Å². The summed E-state index contributed by atoms with van der Waals surface area (Å²) in [5.74, 6) is -0.650. The number of benzene rings is 2. The SMILES string of the molecule is C=CCNC(=O)[C@@H](C)OC(=O)CS[C@H](c1ccccc1)c1ccc(Cl)cc1. The predicted molar refractivity (Wildman–Crippen MR) is 111 cm³/mol. The third-order valence-corrected chi connectivity index (χ3v) is 5.27. The van der Waals surface area contributed by atoms with Gasteiger partial charge in [0.2, 0.25) is 0 Å². The van der Waals surface area contributed by atoms with Crippen molar-refractivity contribution in [2.24, 2.45) is 0 Å². The van der Waals surface area contributed by atoms with Crippen molar-refractivity contribution >= 4 is 35.2 Å². The van der Waals surface area contributed by atoms with Gasteiger partial charge in [0.05, 0.1) is 11.0 Å². The van der Waals surface area contributed by atoms with Gasteiger partial charge in [-0.3, -0.25) is 9.59 Å². The number of nitrogens with one attached hydrogen (secondary N) is 1. The van der Waals surface area contributed by atoms with Gasteiger partial charge in [0.15, 0.2) is 6.10 Å². The zero-order valence-corrected chi connectivity index (χ0v) is 16.6. The molecule has 0 aliphatic rings. The van der Waals surface area contributed by atoms with Crippen LogP contribution < -0.4 is 5.32 Å². The highest BCUT2D eigenvalue weighted by Gasteiger charge is 2.20. The maximum absolute atomic E-state index is 12.2. The number of hydrogen-bond donors (Lipinski definition) is 1. The molecular weight excluding hydrogens is 382 g/mol. The van der Waals surface area contributed by atoms with Crippen molar-refractivity contribution in [2.75, 3.05) is 12.3 Å². The summed E-state index contributed by atoms with van der Waals surface area (Å²) in [4.78, 5) is 24.0. The van der Waals surface area contributed by atoms with Crippen molar-refractivity contribution < 1.29 is 14.3 Å². The van der Waals surface area contributed by atoms with Crippen LogP contribution in [0.15, 0.2) is 67.3 Å². The van der Waals surface area contributed by atoms with Gasteiger partial charge in [-0.15, -0.1) is 18.3 Å². The number of halogens is 1. The number of rotatable bonds is 9. The molecule has 27 heavy (non-hydrogen) atoms. The molecule has 2 atom stereocenters. The van der Waals surface area contributed by atoms with Gasteiger partial charge in [-0.2, -0.15) is 0 Å². The first-order chi connectivity index (χ1) is 13.0. The maximum atomic E-state index is 12.2. The second-order valence-electron chi connectivity index (χ2n) is 5.82. The average molecular weight is 404 g/mol. The molecule has 0 aliphatic carbocycles. The minimum absolute atomic E-state index is 0.0408. The standard InChI is InChI=1S/C21H22ClNO3S/c1-3-13-23-21(25)15(2)26-19(24)14-27-20(16-7-5-4-6-8-16)17-9-11-18(22)12-10-17/h3-12,15,20H,1,13-14H2,2H3,(H,23,25)/t15-,20-/m1/s1. The third-order valence-electron chi connectivity index (χ3n) is 3.74. The molecular formula is C21H22ClNO3S. The molecule has 2 aromatic carbocycles. The second kappa shape index (κ2) is 10.8. The molecule has 0 heterocycles. The van der Waals surface area contributed by atoms with Gasteiger partial charge < -0.3 is 10.1 Å². The molecule has 0 saturated carbocycles. The highest BCUT2D eigenvalue weighted by atomic mass is 35.5. The van der Waals surface area contributed by atoms with Crippen LogP contribution in [0.5, 0.6) is 0 Å². The van der Waals surface area contributed by atoms with Crippen LogP contribution in [-0.2, 0) is 14.3 Å². The van der Waals surface area contributed by atoms with E-state index in [-0.39, 0.29) is 16.9 Å². The minimum Gasteiger partial charge on any atom is -0.452 e. The van der Waals surface area contributed by atoms with E-state index in [9.17, 15) is 9.59 Å². The van der Waals surface area contributed by atoms with Crippen LogP contribution in [-0.4, -0.2) is 30.3 Å². The Kier molecular flexibility index (Phi) is 8.43. The molecule has 0 bridgehead atoms. The Morgan fingerprint density at radius 3 is 2.41 bits per heavy atom. The topological polar surface area (TPSA) is 55.4 Å². The number of thioether (sulfide) groups is 1. The molecule has 0 radical (unpaired) electrons. The number of amides is 1. The Morgan fingerprint density at radius 2 is 1.78 bits per heavy atom. The van der Waals surface area contributed by atoms with Gasteiger partial charge in [0.25, 0.3) is 5.91 Å². The number of carbonyl (C=O) groups is 2. The summed E-state index contributed by atoms with van der Waals surface area (Å²) in [7, 11) is 0. The Balaban J connectivity index is 2.01. The number of carbonyl (C=O) groups excluding carboxylic acids is 2. The van der Waals surface area contributed by atoms with Gasteiger partial charge >= 0.3 is 5.97 Å². The molecule has 0 aromatic heterocycles. The summed E-state index contributed by atoms with van der Waals surface area (Å²) in [5.41, 5.74) is 2.12. The Morgan fingerprint density at radius 1 is 1.15 bits per heavy atom. The second-order valence-corrected chi connectivity index (χ2v) is 7.35. The largest absolute Gasteiger partial charge is 0.452 e. The first kappa shape index (κ1) is 21.1. The molecule has 0 aliphatic heterocycles. The molecule has 2 rings (SSSR count). The van der Waals surface area contributed by atoms with Crippen molar-refractivity contribution in [1.29, 1.82) is 0 Å². The van der Waals surface area contributed by atoms with E-state index in [0.29, 0.717) is 11.6 Å². The maximum Gasteiger partial charge on any atom is 0.316 e. The minimum atomic E-state index is -0.844. The molecule has 142 valence electrons. The molecule has 2 aromatic rings. The van der Waals surface area contributed by atoms with Crippen LogP contribution >= 0.6 is 23.4 Å². The highest BCUT2D eigenvalue weighted by Crippen LogP contribution is 2.36. The predicted octanol–water partition coefficient (Wildman–Crippen LogP) is 4.40. The first-order valence-corrected chi connectivity index (χ1v) is 9.94. The Bertz CT molecular complexity index is 765. The van der Waals surface area contributed by atoms with E-state index >= 15 is 0 Å². The van der Waals surface area contributed by atoms with E-state index in [1.54, 1.807) is 13.0 Å². The first-order valence-electron chi connectivity index (χ1n) is 8.51. The molecule has 0 saturated heterocycles. The zero-order chi connectivity index (χ0) is 19.6. The van der Waals surface area contributed by atoms with Crippen molar-refractivity contribution in [3.05, 3.63) is 83.4 Å². The summed E-state index contributed by atoms with van der Waals surface area (Å²) < 4.78 is 5.22. The van der Waals surface area contributed by atoms with Crippen molar-refractivity contribution in [1.82, 2.24) is 5.32 Å².